The van der Waals surface area contributed by atoms with Gasteiger partial charge in [0.05, 0.1) is 23.3 Å². The molecule has 2 aromatic carbocycles. The number of ether oxygens (including phenoxy) is 1. The van der Waals surface area contributed by atoms with Crippen LogP contribution < -0.4 is 4.74 Å². The van der Waals surface area contributed by atoms with E-state index in [9.17, 15) is 5.11 Å². The van der Waals surface area contributed by atoms with E-state index in [4.69, 9.17) is 27.9 Å². The van der Waals surface area contributed by atoms with E-state index < -0.39 is 6.10 Å². The van der Waals surface area contributed by atoms with Gasteiger partial charge in [0.15, 0.2) is 0 Å². The minimum atomic E-state index is -0.458. The predicted octanol–water partition coefficient (Wildman–Crippen LogP) is 4.15. The molecule has 0 heterocycles. The quantitative estimate of drug-likeness (QED) is 0.899. The second kappa shape index (κ2) is 6.98. The highest BCUT2D eigenvalue weighted by Crippen LogP contribution is 2.23. The molecule has 0 spiro atoms. The average molecular weight is 311 g/mol. The van der Waals surface area contributed by atoms with Crippen LogP contribution in [0.15, 0.2) is 42.5 Å². The average Bonchev–Trinajstić information content (AvgIpc) is 2.44. The summed E-state index contributed by atoms with van der Waals surface area (Å²) in [4.78, 5) is 0. The van der Waals surface area contributed by atoms with E-state index in [1.807, 2.05) is 30.3 Å². The van der Waals surface area contributed by atoms with E-state index >= 15 is 0 Å². The molecule has 1 N–H and O–H groups in total. The Kier molecular flexibility index (Phi) is 5.30. The summed E-state index contributed by atoms with van der Waals surface area (Å²) in [5.41, 5.74) is 2.04. The number of halogens is 2. The first-order chi connectivity index (χ1) is 9.58. The Bertz CT molecular complexity index is 567. The molecule has 1 unspecified atom stereocenters. The van der Waals surface area contributed by atoms with Gasteiger partial charge in [0.2, 0.25) is 0 Å². The van der Waals surface area contributed by atoms with Crippen molar-refractivity contribution in [3.8, 4) is 5.75 Å². The number of aliphatic hydroxyl groups excluding tert-OH is 1. The van der Waals surface area contributed by atoms with E-state index in [0.717, 1.165) is 16.9 Å². The Hall–Kier alpha value is -1.22. The Morgan fingerprint density at radius 1 is 0.950 bits per heavy atom. The largest absolute Gasteiger partial charge is 0.497 e. The monoisotopic (exact) mass is 310 g/mol. The molecule has 0 aromatic heterocycles. The molecule has 2 aromatic rings. The van der Waals surface area contributed by atoms with Crippen molar-refractivity contribution in [2.45, 2.75) is 18.9 Å². The minimum absolute atomic E-state index is 0.458. The van der Waals surface area contributed by atoms with Gasteiger partial charge in [0.1, 0.15) is 5.75 Å². The van der Waals surface area contributed by atoms with Gasteiger partial charge in [0, 0.05) is 0 Å². The molecule has 4 heteroatoms. The molecule has 0 bridgehead atoms. The summed E-state index contributed by atoms with van der Waals surface area (Å²) in [6.45, 7) is 0. The molecule has 1 atom stereocenters. The molecule has 0 amide bonds. The fraction of sp³-hybridized carbons (Fsp3) is 0.250. The van der Waals surface area contributed by atoms with Crippen LogP contribution in [0.2, 0.25) is 10.0 Å². The summed E-state index contributed by atoms with van der Waals surface area (Å²) >= 11 is 11.8. The SMILES string of the molecule is COc1ccc(CC(O)Cc2ccc(Cl)c(Cl)c2)cc1. The first kappa shape index (κ1) is 15.2. The lowest BCUT2D eigenvalue weighted by molar-refractivity contribution is 0.175. The second-order valence-corrected chi connectivity index (χ2v) is 5.47. The number of hydrogen-bond acceptors (Lipinski definition) is 2. The first-order valence-corrected chi connectivity index (χ1v) is 7.09. The van der Waals surface area contributed by atoms with Gasteiger partial charge in [-0.1, -0.05) is 41.4 Å². The van der Waals surface area contributed by atoms with Crippen molar-refractivity contribution in [2.24, 2.45) is 0 Å². The van der Waals surface area contributed by atoms with E-state index in [1.54, 1.807) is 19.2 Å². The lowest BCUT2D eigenvalue weighted by atomic mass is 10.0. The summed E-state index contributed by atoms with van der Waals surface area (Å²) in [6.07, 6.45) is 0.674. The summed E-state index contributed by atoms with van der Waals surface area (Å²) in [5.74, 6) is 0.813. The molecule has 2 rings (SSSR count). The van der Waals surface area contributed by atoms with Crippen LogP contribution in [0.25, 0.3) is 0 Å². The zero-order valence-electron chi connectivity index (χ0n) is 11.1. The zero-order valence-corrected chi connectivity index (χ0v) is 12.7. The van der Waals surface area contributed by atoms with Crippen LogP contribution in [0, 0.1) is 0 Å². The van der Waals surface area contributed by atoms with E-state index in [1.165, 1.54) is 0 Å². The lowest BCUT2D eigenvalue weighted by Gasteiger charge is -2.12. The fourth-order valence-electron chi connectivity index (χ4n) is 2.04. The van der Waals surface area contributed by atoms with Crippen LogP contribution in [0.5, 0.6) is 5.75 Å². The number of rotatable bonds is 5. The van der Waals surface area contributed by atoms with Crippen molar-refractivity contribution in [2.75, 3.05) is 7.11 Å². The van der Waals surface area contributed by atoms with Crippen molar-refractivity contribution < 1.29 is 9.84 Å². The van der Waals surface area contributed by atoms with Gasteiger partial charge in [0.25, 0.3) is 0 Å². The van der Waals surface area contributed by atoms with Crippen LogP contribution in [0.1, 0.15) is 11.1 Å². The van der Waals surface area contributed by atoms with Crippen molar-refractivity contribution in [1.29, 1.82) is 0 Å². The number of benzene rings is 2. The maximum atomic E-state index is 10.1. The maximum Gasteiger partial charge on any atom is 0.118 e. The van der Waals surface area contributed by atoms with Crippen molar-refractivity contribution in [3.63, 3.8) is 0 Å². The standard InChI is InChI=1S/C16H16Cl2O2/c1-20-14-5-2-11(3-6-14)8-13(19)9-12-4-7-15(17)16(18)10-12/h2-7,10,13,19H,8-9H2,1H3. The molecule has 0 radical (unpaired) electrons. The fourth-order valence-corrected chi connectivity index (χ4v) is 2.37. The van der Waals surface area contributed by atoms with Crippen LogP contribution in [-0.4, -0.2) is 18.3 Å². The lowest BCUT2D eigenvalue weighted by Crippen LogP contribution is -2.13. The Morgan fingerprint density at radius 2 is 1.55 bits per heavy atom. The van der Waals surface area contributed by atoms with Gasteiger partial charge >= 0.3 is 0 Å². The number of methoxy groups -OCH3 is 1. The summed E-state index contributed by atoms with van der Waals surface area (Å²) in [6, 6.07) is 13.1. The number of aliphatic hydroxyl groups is 1. The van der Waals surface area contributed by atoms with Crippen LogP contribution in [0.3, 0.4) is 0 Å². The first-order valence-electron chi connectivity index (χ1n) is 6.33. The molecular weight excluding hydrogens is 295 g/mol. The molecule has 0 aliphatic rings. The molecule has 0 aliphatic heterocycles. The normalized spacial score (nSPS) is 12.2. The molecule has 106 valence electrons. The van der Waals surface area contributed by atoms with E-state index in [-0.39, 0.29) is 0 Å². The molecule has 20 heavy (non-hydrogen) atoms. The zero-order chi connectivity index (χ0) is 14.5. The van der Waals surface area contributed by atoms with Crippen molar-refractivity contribution in [3.05, 3.63) is 63.6 Å². The molecule has 0 fully saturated rings. The second-order valence-electron chi connectivity index (χ2n) is 4.66. The summed E-state index contributed by atoms with van der Waals surface area (Å²) in [5, 5.41) is 11.2. The summed E-state index contributed by atoms with van der Waals surface area (Å²) < 4.78 is 5.10. The van der Waals surface area contributed by atoms with Gasteiger partial charge in [-0.3, -0.25) is 0 Å². The molecule has 0 aliphatic carbocycles. The summed E-state index contributed by atoms with van der Waals surface area (Å²) in [7, 11) is 1.63. The molecule has 0 saturated heterocycles. The van der Waals surface area contributed by atoms with Gasteiger partial charge in [-0.2, -0.15) is 0 Å². The third-order valence-corrected chi connectivity index (χ3v) is 3.82. The molecular formula is C16H16Cl2O2. The highest BCUT2D eigenvalue weighted by molar-refractivity contribution is 6.42. The molecule has 0 saturated carbocycles. The predicted molar refractivity (Wildman–Crippen MR) is 82.9 cm³/mol. The Morgan fingerprint density at radius 3 is 2.15 bits per heavy atom. The van der Waals surface area contributed by atoms with E-state index in [0.29, 0.717) is 22.9 Å². The Labute approximate surface area is 128 Å². The Balaban J connectivity index is 1.97. The topological polar surface area (TPSA) is 29.5 Å². The van der Waals surface area contributed by atoms with Gasteiger partial charge in [-0.25, -0.2) is 0 Å². The van der Waals surface area contributed by atoms with E-state index in [2.05, 4.69) is 0 Å². The number of hydrogen-bond donors (Lipinski definition) is 1. The minimum Gasteiger partial charge on any atom is -0.497 e. The van der Waals surface area contributed by atoms with Crippen molar-refractivity contribution >= 4 is 23.2 Å². The van der Waals surface area contributed by atoms with Gasteiger partial charge in [-0.05, 0) is 48.2 Å². The van der Waals surface area contributed by atoms with Crippen molar-refractivity contribution in [1.82, 2.24) is 0 Å². The highest BCUT2D eigenvalue weighted by atomic mass is 35.5. The third kappa shape index (κ3) is 4.14. The molecule has 2 nitrogen and oxygen atoms in total. The maximum absolute atomic E-state index is 10.1. The van der Waals surface area contributed by atoms with Crippen LogP contribution in [-0.2, 0) is 12.8 Å². The van der Waals surface area contributed by atoms with Crippen LogP contribution in [0.4, 0.5) is 0 Å². The van der Waals surface area contributed by atoms with Gasteiger partial charge in [-0.15, -0.1) is 0 Å². The highest BCUT2D eigenvalue weighted by Gasteiger charge is 2.08. The van der Waals surface area contributed by atoms with Crippen LogP contribution >= 0.6 is 23.2 Å². The smallest absolute Gasteiger partial charge is 0.118 e. The third-order valence-electron chi connectivity index (χ3n) is 3.09. The van der Waals surface area contributed by atoms with Gasteiger partial charge < -0.3 is 9.84 Å².